The minimum absolute atomic E-state index is 0.0176. The number of carbonyl (C=O) groups is 1. The molecule has 3 rings (SSSR count). The van der Waals surface area contributed by atoms with E-state index in [4.69, 9.17) is 9.15 Å². The molecule has 144 valence electrons. The second-order valence-electron chi connectivity index (χ2n) is 5.60. The number of hydrogen-bond donors (Lipinski definition) is 1. The molecule has 0 saturated carbocycles. The Labute approximate surface area is 164 Å². The molecule has 0 atom stereocenters. The first-order chi connectivity index (χ1) is 13.5. The van der Waals surface area contributed by atoms with E-state index in [1.54, 1.807) is 13.2 Å². The van der Waals surface area contributed by atoms with Crippen LogP contribution in [0.3, 0.4) is 0 Å². The first-order valence-corrected chi connectivity index (χ1v) is 9.15. The molecule has 2 aromatic carbocycles. The van der Waals surface area contributed by atoms with Crippen molar-refractivity contribution in [1.82, 2.24) is 10.2 Å². The molecule has 0 radical (unpaired) electrons. The lowest BCUT2D eigenvalue weighted by Crippen LogP contribution is -2.15. The van der Waals surface area contributed by atoms with Crippen LogP contribution in [-0.4, -0.2) is 33.9 Å². The van der Waals surface area contributed by atoms with Gasteiger partial charge >= 0.3 is 0 Å². The maximum absolute atomic E-state index is 12.1. The van der Waals surface area contributed by atoms with Gasteiger partial charge in [0.15, 0.2) is 0 Å². The number of hydrogen-bond acceptors (Lipinski definition) is 8. The number of nitro groups is 1. The molecule has 0 unspecified atom stereocenters. The molecule has 0 aliphatic heterocycles. The summed E-state index contributed by atoms with van der Waals surface area (Å²) in [6.07, 6.45) is 0.458. The Morgan fingerprint density at radius 3 is 2.68 bits per heavy atom. The predicted octanol–water partition coefficient (Wildman–Crippen LogP) is 3.31. The lowest BCUT2D eigenvalue weighted by atomic mass is 10.1. The number of carbonyl (C=O) groups excluding carboxylic acids is 1. The van der Waals surface area contributed by atoms with E-state index >= 15 is 0 Å². The fourth-order valence-electron chi connectivity index (χ4n) is 2.34. The summed E-state index contributed by atoms with van der Waals surface area (Å²) in [6.45, 7) is 0. The number of nitrogens with zero attached hydrogens (tertiary/aromatic N) is 3. The number of anilines is 1. The highest BCUT2D eigenvalue weighted by Crippen LogP contribution is 2.24. The molecule has 1 heterocycles. The summed E-state index contributed by atoms with van der Waals surface area (Å²) in [4.78, 5) is 22.5. The summed E-state index contributed by atoms with van der Waals surface area (Å²) in [5, 5.41) is 21.6. The number of methoxy groups -OCH3 is 1. The van der Waals surface area contributed by atoms with Gasteiger partial charge in [-0.3, -0.25) is 14.9 Å². The summed E-state index contributed by atoms with van der Waals surface area (Å²) in [5.74, 6) is 0.757. The van der Waals surface area contributed by atoms with Crippen LogP contribution in [0.1, 0.15) is 11.5 Å². The highest BCUT2D eigenvalue weighted by molar-refractivity contribution is 7.99. The van der Waals surface area contributed by atoms with Gasteiger partial charge in [0.05, 0.1) is 24.2 Å². The van der Waals surface area contributed by atoms with Gasteiger partial charge in [-0.1, -0.05) is 36.0 Å². The number of para-hydroxylation sites is 2. The van der Waals surface area contributed by atoms with E-state index in [-0.39, 0.29) is 22.4 Å². The molecular weight excluding hydrogens is 384 g/mol. The van der Waals surface area contributed by atoms with Crippen LogP contribution < -0.4 is 10.1 Å². The number of ether oxygens (including phenoxy) is 1. The highest BCUT2D eigenvalue weighted by Gasteiger charge is 2.16. The Kier molecular flexibility index (Phi) is 6.22. The maximum Gasteiger partial charge on any atom is 0.292 e. The molecular formula is C18H16N4O5S. The van der Waals surface area contributed by atoms with Crippen molar-refractivity contribution in [2.75, 3.05) is 18.2 Å². The fourth-order valence-corrected chi connectivity index (χ4v) is 2.92. The minimum atomic E-state index is -0.549. The Morgan fingerprint density at radius 2 is 1.96 bits per heavy atom. The largest absolute Gasteiger partial charge is 0.497 e. The molecule has 28 heavy (non-hydrogen) atoms. The van der Waals surface area contributed by atoms with Crippen LogP contribution in [0.5, 0.6) is 5.75 Å². The van der Waals surface area contributed by atoms with E-state index in [1.807, 2.05) is 24.3 Å². The lowest BCUT2D eigenvalue weighted by Gasteiger charge is -2.04. The second kappa shape index (κ2) is 9.00. The van der Waals surface area contributed by atoms with E-state index in [0.717, 1.165) is 23.1 Å². The van der Waals surface area contributed by atoms with Crippen LogP contribution in [-0.2, 0) is 11.2 Å². The summed E-state index contributed by atoms with van der Waals surface area (Å²) < 4.78 is 10.6. The van der Waals surface area contributed by atoms with Crippen molar-refractivity contribution in [2.24, 2.45) is 0 Å². The zero-order chi connectivity index (χ0) is 19.9. The number of benzene rings is 2. The zero-order valence-corrected chi connectivity index (χ0v) is 15.6. The minimum Gasteiger partial charge on any atom is -0.497 e. The third-order valence-corrected chi connectivity index (χ3v) is 4.48. The Hall–Kier alpha value is -3.40. The number of amides is 1. The molecule has 0 saturated heterocycles. The average Bonchev–Trinajstić information content (AvgIpc) is 3.14. The number of aromatic nitrogens is 2. The zero-order valence-electron chi connectivity index (χ0n) is 14.8. The van der Waals surface area contributed by atoms with Gasteiger partial charge in [-0.25, -0.2) is 0 Å². The van der Waals surface area contributed by atoms with Crippen molar-refractivity contribution in [2.45, 2.75) is 11.6 Å². The summed E-state index contributed by atoms with van der Waals surface area (Å²) in [7, 11) is 1.60. The van der Waals surface area contributed by atoms with Gasteiger partial charge in [0.1, 0.15) is 11.4 Å². The first kappa shape index (κ1) is 19.4. The third kappa shape index (κ3) is 5.07. The quantitative estimate of drug-likeness (QED) is 0.347. The van der Waals surface area contributed by atoms with Crippen LogP contribution in [0.2, 0.25) is 0 Å². The van der Waals surface area contributed by atoms with Gasteiger partial charge in [-0.05, 0) is 23.8 Å². The number of nitro benzene ring substituents is 1. The van der Waals surface area contributed by atoms with E-state index < -0.39 is 10.8 Å². The van der Waals surface area contributed by atoms with Gasteiger partial charge in [-0.2, -0.15) is 0 Å². The van der Waals surface area contributed by atoms with Gasteiger partial charge < -0.3 is 14.5 Å². The smallest absolute Gasteiger partial charge is 0.292 e. The fraction of sp³-hybridized carbons (Fsp3) is 0.167. The summed E-state index contributed by atoms with van der Waals surface area (Å²) >= 11 is 1.06. The lowest BCUT2D eigenvalue weighted by molar-refractivity contribution is -0.383. The normalized spacial score (nSPS) is 10.5. The Bertz CT molecular complexity index is 974. The van der Waals surface area contributed by atoms with Crippen molar-refractivity contribution in [1.29, 1.82) is 0 Å². The molecule has 9 nitrogen and oxygen atoms in total. The molecule has 1 N–H and O–H groups in total. The van der Waals surface area contributed by atoms with Crippen molar-refractivity contribution >= 4 is 29.0 Å². The van der Waals surface area contributed by atoms with Crippen LogP contribution in [0.15, 0.2) is 58.2 Å². The molecule has 0 aliphatic carbocycles. The van der Waals surface area contributed by atoms with E-state index in [2.05, 4.69) is 15.5 Å². The van der Waals surface area contributed by atoms with Gasteiger partial charge in [0, 0.05) is 6.07 Å². The van der Waals surface area contributed by atoms with Crippen molar-refractivity contribution in [3.63, 3.8) is 0 Å². The Balaban J connectivity index is 1.54. The molecule has 1 amide bonds. The molecule has 0 fully saturated rings. The standard InChI is InChI=1S/C18H16N4O5S/c1-26-13-8-6-12(7-9-13)10-17-20-21-18(27-17)28-11-16(23)19-14-4-2-3-5-15(14)22(24)25/h2-9H,10-11H2,1H3,(H,19,23). The van der Waals surface area contributed by atoms with Gasteiger partial charge in [0.2, 0.25) is 11.8 Å². The van der Waals surface area contributed by atoms with Crippen LogP contribution >= 0.6 is 11.8 Å². The number of thioether (sulfide) groups is 1. The van der Waals surface area contributed by atoms with Crippen LogP contribution in [0.4, 0.5) is 11.4 Å². The van der Waals surface area contributed by atoms with E-state index in [9.17, 15) is 14.9 Å². The Morgan fingerprint density at radius 1 is 1.21 bits per heavy atom. The summed E-state index contributed by atoms with van der Waals surface area (Å²) in [5.41, 5.74) is 0.958. The highest BCUT2D eigenvalue weighted by atomic mass is 32.2. The SMILES string of the molecule is COc1ccc(Cc2nnc(SCC(=O)Nc3ccccc3[N+](=O)[O-])o2)cc1. The molecule has 10 heteroatoms. The molecule has 0 aliphatic rings. The third-order valence-electron chi connectivity index (χ3n) is 3.66. The van der Waals surface area contributed by atoms with Crippen LogP contribution in [0, 0.1) is 10.1 Å². The molecule has 3 aromatic rings. The number of rotatable bonds is 8. The number of nitrogens with one attached hydrogen (secondary N) is 1. The maximum atomic E-state index is 12.1. The van der Waals surface area contributed by atoms with Crippen LogP contribution in [0.25, 0.3) is 0 Å². The second-order valence-corrected chi connectivity index (χ2v) is 6.52. The monoisotopic (exact) mass is 400 g/mol. The molecule has 0 spiro atoms. The summed E-state index contributed by atoms with van der Waals surface area (Å²) in [6, 6.07) is 13.4. The first-order valence-electron chi connectivity index (χ1n) is 8.16. The van der Waals surface area contributed by atoms with Gasteiger partial charge in [-0.15, -0.1) is 10.2 Å². The average molecular weight is 400 g/mol. The van der Waals surface area contributed by atoms with E-state index in [1.165, 1.54) is 18.2 Å². The molecule has 0 bridgehead atoms. The molecule has 1 aromatic heterocycles. The van der Waals surface area contributed by atoms with E-state index in [0.29, 0.717) is 12.3 Å². The van der Waals surface area contributed by atoms with Crippen molar-refractivity contribution in [3.05, 3.63) is 70.1 Å². The topological polar surface area (TPSA) is 120 Å². The van der Waals surface area contributed by atoms with Crippen molar-refractivity contribution in [3.8, 4) is 5.75 Å². The van der Waals surface area contributed by atoms with Gasteiger partial charge in [0.25, 0.3) is 10.9 Å². The van der Waals surface area contributed by atoms with Crippen molar-refractivity contribution < 1.29 is 18.9 Å². The predicted molar refractivity (Wildman–Crippen MR) is 103 cm³/mol.